The Bertz CT molecular complexity index is 551. The zero-order valence-electron chi connectivity index (χ0n) is 10.2. The van der Waals surface area contributed by atoms with E-state index in [4.69, 9.17) is 10.2 Å². The molecule has 0 aliphatic rings. The van der Waals surface area contributed by atoms with Crippen molar-refractivity contribution < 1.29 is 29.6 Å². The van der Waals surface area contributed by atoms with Crippen molar-refractivity contribution in [2.45, 2.75) is 11.7 Å². The van der Waals surface area contributed by atoms with E-state index >= 15 is 0 Å². The number of anilines is 1. The van der Waals surface area contributed by atoms with E-state index in [-0.39, 0.29) is 5.69 Å². The van der Waals surface area contributed by atoms with Crippen molar-refractivity contribution in [2.75, 3.05) is 5.32 Å². The summed E-state index contributed by atoms with van der Waals surface area (Å²) in [5.74, 6) is -4.54. The van der Waals surface area contributed by atoms with Gasteiger partial charge in [0.15, 0.2) is 0 Å². The lowest BCUT2D eigenvalue weighted by molar-refractivity contribution is -0.777. The maximum absolute atomic E-state index is 11.1. The lowest BCUT2D eigenvalue weighted by Crippen LogP contribution is -2.66. The molecule has 0 unspecified atom stereocenters. The topological polar surface area (TPSA) is 173 Å². The van der Waals surface area contributed by atoms with Gasteiger partial charge in [-0.2, -0.15) is 0 Å². The zero-order valence-corrected chi connectivity index (χ0v) is 10.2. The molecule has 0 radical (unpaired) electrons. The summed E-state index contributed by atoms with van der Waals surface area (Å²) in [7, 11) is 0. The number of nitrogens with zero attached hydrogens (tertiary/aromatic N) is 2. The van der Waals surface area contributed by atoms with Gasteiger partial charge < -0.3 is 15.5 Å². The minimum absolute atomic E-state index is 0.0146. The molecule has 0 heterocycles. The molecule has 0 saturated heterocycles. The Hall–Kier alpha value is -3.24. The summed E-state index contributed by atoms with van der Waals surface area (Å²) in [5.41, 5.74) is -3.97. The summed E-state index contributed by atoms with van der Waals surface area (Å²) in [4.78, 5) is 40.5. The lowest BCUT2D eigenvalue weighted by Gasteiger charge is -2.21. The Kier molecular flexibility index (Phi) is 4.38. The first-order valence-electron chi connectivity index (χ1n) is 5.31. The molecule has 0 bridgehead atoms. The first-order valence-corrected chi connectivity index (χ1v) is 5.31. The number of aliphatic carboxylic acids is 2. The second-order valence-corrected chi connectivity index (χ2v) is 3.83. The number of nitro groups is 2. The summed E-state index contributed by atoms with van der Waals surface area (Å²) in [6, 6.07) is 4.36. The molecule has 1 atom stereocenters. The van der Waals surface area contributed by atoms with E-state index in [1.165, 1.54) is 24.3 Å². The highest BCUT2D eigenvalue weighted by Crippen LogP contribution is 2.22. The fraction of sp³-hybridized carbons (Fsp3) is 0.200. The Morgan fingerprint density at radius 2 is 1.57 bits per heavy atom. The van der Waals surface area contributed by atoms with E-state index in [0.717, 1.165) is 0 Å². The van der Waals surface area contributed by atoms with Crippen LogP contribution in [0.5, 0.6) is 0 Å². The second kappa shape index (κ2) is 5.81. The van der Waals surface area contributed by atoms with Crippen LogP contribution in [0.3, 0.4) is 0 Å². The molecule has 0 fully saturated rings. The largest absolute Gasteiger partial charge is 0.582 e. The summed E-state index contributed by atoms with van der Waals surface area (Å²) in [5, 5.41) is 41.7. The van der Waals surface area contributed by atoms with Gasteiger partial charge in [-0.15, -0.1) is 0 Å². The van der Waals surface area contributed by atoms with Crippen molar-refractivity contribution in [3.05, 3.63) is 50.6 Å². The van der Waals surface area contributed by atoms with E-state index < -0.39 is 33.5 Å². The van der Waals surface area contributed by atoms with Gasteiger partial charge in [0.25, 0.3) is 6.04 Å². The SMILES string of the molecule is O=C(O)[C@@H](Nc1ccccc1)C(C(=O)O)([N+](=O)[O-])[N+](=O)[O-]. The minimum atomic E-state index is -3.96. The van der Waals surface area contributed by atoms with Crippen LogP contribution in [0.1, 0.15) is 0 Å². The predicted octanol–water partition coefficient (Wildman–Crippen LogP) is -0.114. The van der Waals surface area contributed by atoms with Crippen molar-refractivity contribution >= 4 is 17.6 Å². The average Bonchev–Trinajstić information content (AvgIpc) is 2.38. The van der Waals surface area contributed by atoms with E-state index in [1.54, 1.807) is 6.07 Å². The molecule has 0 amide bonds. The Morgan fingerprint density at radius 3 is 1.90 bits per heavy atom. The normalized spacial score (nSPS) is 12.2. The average molecular weight is 299 g/mol. The number of hydrogen-bond acceptors (Lipinski definition) is 7. The quantitative estimate of drug-likeness (QED) is 0.352. The highest BCUT2D eigenvalue weighted by molar-refractivity contribution is 5.88. The van der Waals surface area contributed by atoms with Crippen molar-refractivity contribution in [3.63, 3.8) is 0 Å². The third-order valence-electron chi connectivity index (χ3n) is 2.61. The first-order chi connectivity index (χ1) is 9.74. The summed E-state index contributed by atoms with van der Waals surface area (Å²) in [6.07, 6.45) is 0. The van der Waals surface area contributed by atoms with Gasteiger partial charge in [0.1, 0.15) is 9.85 Å². The fourth-order valence-electron chi connectivity index (χ4n) is 1.59. The van der Waals surface area contributed by atoms with Crippen molar-refractivity contribution in [1.29, 1.82) is 0 Å². The van der Waals surface area contributed by atoms with Crippen molar-refractivity contribution in [1.82, 2.24) is 0 Å². The molecule has 3 N–H and O–H groups in total. The lowest BCUT2D eigenvalue weighted by atomic mass is 10.0. The Morgan fingerprint density at radius 1 is 1.10 bits per heavy atom. The van der Waals surface area contributed by atoms with Crippen LogP contribution < -0.4 is 5.32 Å². The first kappa shape index (κ1) is 15.8. The molecule has 11 heteroatoms. The number of carboxylic acids is 2. The van der Waals surface area contributed by atoms with Crippen LogP contribution in [0.25, 0.3) is 0 Å². The third-order valence-corrected chi connectivity index (χ3v) is 2.61. The number of nitrogens with one attached hydrogen (secondary N) is 1. The standard InChI is InChI=1S/C10H9N3O8/c14-8(15)7(11-6-4-2-1-3-5-6)10(9(16)17,12(18)19)13(20)21/h1-5,7,11H,(H,14,15)(H,16,17)/t7-/m1/s1. The highest BCUT2D eigenvalue weighted by Gasteiger charge is 2.74. The molecule has 11 nitrogen and oxygen atoms in total. The van der Waals surface area contributed by atoms with E-state index in [0.29, 0.717) is 0 Å². The van der Waals surface area contributed by atoms with Gasteiger partial charge >= 0.3 is 17.6 Å². The highest BCUT2D eigenvalue weighted by atomic mass is 16.7. The van der Waals surface area contributed by atoms with Crippen LogP contribution in [0.2, 0.25) is 0 Å². The number of benzene rings is 1. The minimum Gasteiger partial charge on any atom is -0.479 e. The summed E-state index contributed by atoms with van der Waals surface area (Å²) >= 11 is 0. The van der Waals surface area contributed by atoms with Crippen LogP contribution in [-0.2, 0) is 9.59 Å². The Balaban J connectivity index is 3.41. The monoisotopic (exact) mass is 299 g/mol. The maximum atomic E-state index is 11.1. The molecule has 0 aromatic heterocycles. The van der Waals surface area contributed by atoms with Gasteiger partial charge in [-0.3, -0.25) is 20.2 Å². The van der Waals surface area contributed by atoms with Gasteiger partial charge in [-0.1, -0.05) is 18.2 Å². The number of hydrogen-bond donors (Lipinski definition) is 3. The van der Waals surface area contributed by atoms with Crippen LogP contribution in [-0.4, -0.2) is 43.7 Å². The molecule has 1 rings (SSSR count). The van der Waals surface area contributed by atoms with E-state index in [9.17, 15) is 29.8 Å². The number of carbonyl (C=O) groups is 2. The van der Waals surface area contributed by atoms with Gasteiger partial charge in [-0.25, -0.2) is 9.59 Å². The van der Waals surface area contributed by atoms with Gasteiger partial charge in [0, 0.05) is 5.69 Å². The maximum Gasteiger partial charge on any atom is 0.582 e. The smallest absolute Gasteiger partial charge is 0.479 e. The fourth-order valence-corrected chi connectivity index (χ4v) is 1.59. The molecular weight excluding hydrogens is 290 g/mol. The summed E-state index contributed by atoms with van der Waals surface area (Å²) < 4.78 is 0. The van der Waals surface area contributed by atoms with Crippen molar-refractivity contribution in [2.24, 2.45) is 0 Å². The van der Waals surface area contributed by atoms with Gasteiger partial charge in [0.05, 0.1) is 0 Å². The molecule has 0 saturated carbocycles. The molecule has 1 aromatic carbocycles. The summed E-state index contributed by atoms with van der Waals surface area (Å²) in [6.45, 7) is 0. The van der Waals surface area contributed by atoms with E-state index in [2.05, 4.69) is 0 Å². The molecule has 112 valence electrons. The number of rotatable bonds is 7. The molecule has 21 heavy (non-hydrogen) atoms. The molecule has 1 aromatic rings. The number of carboxylic acid groups (broad SMARTS) is 2. The molecule has 0 spiro atoms. The van der Waals surface area contributed by atoms with Crippen LogP contribution in [0, 0.1) is 20.2 Å². The Labute approximate surface area is 116 Å². The van der Waals surface area contributed by atoms with Crippen molar-refractivity contribution in [3.8, 4) is 0 Å². The van der Waals surface area contributed by atoms with Crippen LogP contribution in [0.4, 0.5) is 5.69 Å². The second-order valence-electron chi connectivity index (χ2n) is 3.83. The zero-order chi connectivity index (χ0) is 16.2. The number of para-hydroxylation sites is 1. The van der Waals surface area contributed by atoms with Crippen LogP contribution in [0.15, 0.2) is 30.3 Å². The predicted molar refractivity (Wildman–Crippen MR) is 65.8 cm³/mol. The van der Waals surface area contributed by atoms with Gasteiger partial charge in [-0.05, 0) is 12.1 Å². The molecule has 0 aliphatic carbocycles. The van der Waals surface area contributed by atoms with Gasteiger partial charge in [0.2, 0.25) is 0 Å². The molecule has 0 aliphatic heterocycles. The van der Waals surface area contributed by atoms with Crippen LogP contribution >= 0.6 is 0 Å². The van der Waals surface area contributed by atoms with E-state index in [1.807, 2.05) is 5.32 Å². The third kappa shape index (κ3) is 2.70. The molecular formula is C10H9N3O8.